The predicted octanol–water partition coefficient (Wildman–Crippen LogP) is 3.59. The van der Waals surface area contributed by atoms with Crippen LogP contribution in [0.25, 0.3) is 33.3 Å². The fraction of sp³-hybridized carbons (Fsp3) is 0.391. The molecule has 5 heterocycles. The topological polar surface area (TPSA) is 66.6 Å². The van der Waals surface area contributed by atoms with E-state index in [1.165, 1.54) is 0 Å². The molecule has 5 rings (SSSR count). The molecule has 0 unspecified atom stereocenters. The average molecular weight is 456 g/mol. The van der Waals surface area contributed by atoms with Gasteiger partial charge in [0.25, 0.3) is 5.88 Å². The van der Waals surface area contributed by atoms with E-state index < -0.39 is 0 Å². The molecule has 1 saturated heterocycles. The van der Waals surface area contributed by atoms with E-state index in [2.05, 4.69) is 31.3 Å². The zero-order valence-corrected chi connectivity index (χ0v) is 19.2. The van der Waals surface area contributed by atoms with Crippen molar-refractivity contribution in [2.24, 2.45) is 7.05 Å². The van der Waals surface area contributed by atoms with Crippen molar-refractivity contribution in [2.45, 2.75) is 6.54 Å². The molecule has 0 radical (unpaired) electrons. The largest absolute Gasteiger partial charge is 0.491 e. The van der Waals surface area contributed by atoms with Crippen LogP contribution in [0.15, 0.2) is 30.6 Å². The molecule has 0 aromatic carbocycles. The van der Waals surface area contributed by atoms with E-state index in [-0.39, 0.29) is 0 Å². The molecule has 0 saturated carbocycles. The number of aromatic nitrogens is 4. The molecular formula is C23H26ClN5O3. The van der Waals surface area contributed by atoms with E-state index in [1.54, 1.807) is 20.4 Å². The van der Waals surface area contributed by atoms with E-state index in [9.17, 15) is 0 Å². The lowest BCUT2D eigenvalue weighted by molar-refractivity contribution is 0.0365. The quantitative estimate of drug-likeness (QED) is 0.442. The van der Waals surface area contributed by atoms with Crippen molar-refractivity contribution in [3.63, 3.8) is 0 Å². The predicted molar refractivity (Wildman–Crippen MR) is 125 cm³/mol. The summed E-state index contributed by atoms with van der Waals surface area (Å²) in [5.74, 6) is 1.07. The Balaban J connectivity index is 1.65. The average Bonchev–Trinajstić information content (AvgIpc) is 3.35. The molecule has 4 aromatic rings. The number of pyridine rings is 2. The number of fused-ring (bicyclic) bond motifs is 2. The van der Waals surface area contributed by atoms with E-state index in [1.807, 2.05) is 19.2 Å². The van der Waals surface area contributed by atoms with Gasteiger partial charge in [0.1, 0.15) is 11.2 Å². The van der Waals surface area contributed by atoms with Gasteiger partial charge in [-0.3, -0.25) is 4.90 Å². The minimum absolute atomic E-state index is 0.460. The Kier molecular flexibility index (Phi) is 5.67. The highest BCUT2D eigenvalue weighted by molar-refractivity contribution is 6.35. The maximum atomic E-state index is 6.45. The van der Waals surface area contributed by atoms with Gasteiger partial charge in [0, 0.05) is 62.6 Å². The third-order valence-corrected chi connectivity index (χ3v) is 6.44. The van der Waals surface area contributed by atoms with Crippen molar-refractivity contribution < 1.29 is 14.2 Å². The fourth-order valence-electron chi connectivity index (χ4n) is 4.36. The van der Waals surface area contributed by atoms with Gasteiger partial charge in [-0.2, -0.15) is 0 Å². The van der Waals surface area contributed by atoms with Gasteiger partial charge < -0.3 is 23.3 Å². The molecule has 0 aliphatic carbocycles. The van der Waals surface area contributed by atoms with Crippen molar-refractivity contribution in [1.82, 2.24) is 24.0 Å². The number of methoxy groups -OCH3 is 2. The smallest absolute Gasteiger partial charge is 0.257 e. The van der Waals surface area contributed by atoms with Gasteiger partial charge in [0.05, 0.1) is 43.7 Å². The number of morpholine rings is 1. The monoisotopic (exact) mass is 455 g/mol. The standard InChI is InChI=1S/C23H26ClN5O3/c1-27-18(12-15-17(24)4-5-25-22(15)27)16-14-29(7-6-28-8-10-32-11-9-28)19-13-20(30-2)23(31-3)26-21(16)19/h4-5,12-14H,6-11H2,1-3H3. The summed E-state index contributed by atoms with van der Waals surface area (Å²) in [5, 5.41) is 1.60. The number of ether oxygens (including phenoxy) is 3. The van der Waals surface area contributed by atoms with Crippen LogP contribution in [-0.2, 0) is 18.3 Å². The highest BCUT2D eigenvalue weighted by Crippen LogP contribution is 2.38. The number of hydrogen-bond acceptors (Lipinski definition) is 6. The SMILES string of the molecule is COc1cc2c(nc1OC)c(-c1cc3c(Cl)ccnc3n1C)cn2CCN1CCOCC1. The van der Waals surface area contributed by atoms with E-state index in [0.29, 0.717) is 16.7 Å². The second-order valence-corrected chi connectivity index (χ2v) is 8.28. The molecular weight excluding hydrogens is 430 g/mol. The van der Waals surface area contributed by atoms with Gasteiger partial charge >= 0.3 is 0 Å². The second-order valence-electron chi connectivity index (χ2n) is 7.88. The number of aryl methyl sites for hydroxylation is 1. The Labute approximate surface area is 191 Å². The molecule has 32 heavy (non-hydrogen) atoms. The molecule has 0 amide bonds. The van der Waals surface area contributed by atoms with Crippen LogP contribution in [-0.4, -0.2) is 71.1 Å². The number of rotatable bonds is 6. The van der Waals surface area contributed by atoms with Crippen molar-refractivity contribution in [2.75, 3.05) is 47.1 Å². The minimum atomic E-state index is 0.460. The van der Waals surface area contributed by atoms with Crippen LogP contribution in [0.2, 0.25) is 5.02 Å². The van der Waals surface area contributed by atoms with Crippen LogP contribution < -0.4 is 9.47 Å². The second kappa shape index (κ2) is 8.61. The molecule has 8 nitrogen and oxygen atoms in total. The maximum absolute atomic E-state index is 6.45. The molecule has 0 bridgehead atoms. The molecule has 0 N–H and O–H groups in total. The van der Waals surface area contributed by atoms with Crippen molar-refractivity contribution in [3.05, 3.63) is 35.6 Å². The van der Waals surface area contributed by atoms with Crippen molar-refractivity contribution in [1.29, 1.82) is 0 Å². The summed E-state index contributed by atoms with van der Waals surface area (Å²) in [7, 11) is 5.23. The summed E-state index contributed by atoms with van der Waals surface area (Å²) in [4.78, 5) is 11.8. The van der Waals surface area contributed by atoms with Crippen LogP contribution in [0, 0.1) is 0 Å². The van der Waals surface area contributed by atoms with Crippen molar-refractivity contribution in [3.8, 4) is 22.9 Å². The van der Waals surface area contributed by atoms with Crippen LogP contribution in [0.1, 0.15) is 0 Å². The lowest BCUT2D eigenvalue weighted by atomic mass is 10.2. The fourth-order valence-corrected chi connectivity index (χ4v) is 4.55. The number of hydrogen-bond donors (Lipinski definition) is 0. The zero-order valence-electron chi connectivity index (χ0n) is 18.5. The molecule has 0 atom stereocenters. The first-order chi connectivity index (χ1) is 15.6. The highest BCUT2D eigenvalue weighted by Gasteiger charge is 2.21. The Morgan fingerprint density at radius 2 is 1.94 bits per heavy atom. The van der Waals surface area contributed by atoms with Crippen LogP contribution in [0.4, 0.5) is 0 Å². The molecule has 1 aliphatic heterocycles. The van der Waals surface area contributed by atoms with E-state index >= 15 is 0 Å². The zero-order chi connectivity index (χ0) is 22.2. The molecule has 1 aliphatic rings. The summed E-state index contributed by atoms with van der Waals surface area (Å²) in [6.07, 6.45) is 3.88. The third kappa shape index (κ3) is 3.58. The summed E-state index contributed by atoms with van der Waals surface area (Å²) >= 11 is 6.45. The number of nitrogens with zero attached hydrogens (tertiary/aromatic N) is 5. The number of halogens is 1. The van der Waals surface area contributed by atoms with E-state index in [4.69, 9.17) is 30.8 Å². The third-order valence-electron chi connectivity index (χ3n) is 6.11. The Hall–Kier alpha value is -2.81. The maximum Gasteiger partial charge on any atom is 0.257 e. The molecule has 1 fully saturated rings. The van der Waals surface area contributed by atoms with Crippen molar-refractivity contribution >= 4 is 33.7 Å². The Bertz CT molecular complexity index is 1280. The summed E-state index contributed by atoms with van der Waals surface area (Å²) in [6, 6.07) is 5.88. The summed E-state index contributed by atoms with van der Waals surface area (Å²) in [6.45, 7) is 5.24. The first-order valence-corrected chi connectivity index (χ1v) is 11.0. The normalized spacial score (nSPS) is 15.0. The van der Waals surface area contributed by atoms with Gasteiger partial charge in [-0.25, -0.2) is 9.97 Å². The van der Waals surface area contributed by atoms with E-state index in [0.717, 1.165) is 72.7 Å². The Morgan fingerprint density at radius 3 is 2.66 bits per heavy atom. The van der Waals surface area contributed by atoms with Crippen LogP contribution in [0.3, 0.4) is 0 Å². The molecule has 0 spiro atoms. The van der Waals surface area contributed by atoms with Gasteiger partial charge in [0.15, 0.2) is 5.75 Å². The van der Waals surface area contributed by atoms with Crippen LogP contribution in [0.5, 0.6) is 11.6 Å². The lowest BCUT2D eigenvalue weighted by Gasteiger charge is -2.26. The molecule has 9 heteroatoms. The lowest BCUT2D eigenvalue weighted by Crippen LogP contribution is -2.38. The van der Waals surface area contributed by atoms with Gasteiger partial charge in [-0.1, -0.05) is 11.6 Å². The van der Waals surface area contributed by atoms with Gasteiger partial charge in [0.2, 0.25) is 0 Å². The Morgan fingerprint density at radius 1 is 1.12 bits per heavy atom. The highest BCUT2D eigenvalue weighted by atomic mass is 35.5. The van der Waals surface area contributed by atoms with Gasteiger partial charge in [-0.05, 0) is 12.1 Å². The summed E-state index contributed by atoms with van der Waals surface area (Å²) < 4.78 is 20.8. The first-order valence-electron chi connectivity index (χ1n) is 10.6. The first kappa shape index (κ1) is 21.1. The molecule has 4 aromatic heterocycles. The van der Waals surface area contributed by atoms with Crippen LogP contribution >= 0.6 is 11.6 Å². The van der Waals surface area contributed by atoms with Gasteiger partial charge in [-0.15, -0.1) is 0 Å². The minimum Gasteiger partial charge on any atom is -0.491 e. The molecule has 168 valence electrons. The summed E-state index contributed by atoms with van der Waals surface area (Å²) in [5.41, 5.74) is 4.68.